The zero-order valence-corrected chi connectivity index (χ0v) is 15.7. The van der Waals surface area contributed by atoms with Crippen molar-refractivity contribution in [1.29, 1.82) is 0 Å². The van der Waals surface area contributed by atoms with Crippen LogP contribution in [0.5, 0.6) is 11.5 Å². The molecule has 1 heterocycles. The molecule has 2 unspecified atom stereocenters. The molecule has 0 saturated heterocycles. The number of alkyl halides is 3. The molecule has 5 nitrogen and oxygen atoms in total. The average molecular weight is 417 g/mol. The first-order valence-corrected chi connectivity index (χ1v) is 9.36. The van der Waals surface area contributed by atoms with Crippen LogP contribution >= 0.6 is 11.6 Å². The number of aromatic nitrogens is 2. The predicted molar refractivity (Wildman–Crippen MR) is 97.0 cm³/mol. The monoisotopic (exact) mass is 416 g/mol. The van der Waals surface area contributed by atoms with Crippen LogP contribution in [-0.4, -0.2) is 34.0 Å². The van der Waals surface area contributed by atoms with Crippen LogP contribution in [0.4, 0.5) is 13.2 Å². The number of nitrogens with zero attached hydrogens (tertiary/aromatic N) is 2. The molecule has 152 valence electrons. The molecule has 3 rings (SSSR count). The highest BCUT2D eigenvalue weighted by Crippen LogP contribution is 2.39. The van der Waals surface area contributed by atoms with Gasteiger partial charge in [0.1, 0.15) is 18.0 Å². The highest BCUT2D eigenvalue weighted by Gasteiger charge is 2.34. The van der Waals surface area contributed by atoms with Crippen LogP contribution in [0.15, 0.2) is 24.4 Å². The lowest BCUT2D eigenvalue weighted by molar-refractivity contribution is -0.143. The average Bonchev–Trinajstić information content (AvgIpc) is 3.09. The number of phenolic OH excluding ortho intramolecular Hbond substituents is 1. The highest BCUT2D eigenvalue weighted by molar-refractivity contribution is 6.32. The molecule has 1 N–H and O–H groups in total. The van der Waals surface area contributed by atoms with E-state index < -0.39 is 12.7 Å². The Balaban J connectivity index is 1.78. The molecule has 1 aromatic heterocycles. The van der Waals surface area contributed by atoms with E-state index in [1.807, 2.05) is 0 Å². The van der Waals surface area contributed by atoms with E-state index >= 15 is 0 Å². The maximum Gasteiger partial charge on any atom is 0.408 e. The highest BCUT2D eigenvalue weighted by atomic mass is 35.5. The van der Waals surface area contributed by atoms with Gasteiger partial charge in [-0.3, -0.25) is 9.48 Å². The maximum absolute atomic E-state index is 12.8. The number of aromatic hydroxyl groups is 1. The number of halogens is 4. The van der Waals surface area contributed by atoms with E-state index in [4.69, 9.17) is 16.3 Å². The molecule has 1 fully saturated rings. The smallest absolute Gasteiger partial charge is 0.408 e. The lowest BCUT2D eigenvalue weighted by Crippen LogP contribution is -2.28. The number of hydrogen-bond donors (Lipinski definition) is 1. The summed E-state index contributed by atoms with van der Waals surface area (Å²) in [5, 5.41) is 13.8. The summed E-state index contributed by atoms with van der Waals surface area (Å²) >= 11 is 5.81. The summed E-state index contributed by atoms with van der Waals surface area (Å²) in [4.78, 5) is 11.3. The third-order valence-electron chi connectivity index (χ3n) is 5.07. The zero-order chi connectivity index (χ0) is 20.3. The summed E-state index contributed by atoms with van der Waals surface area (Å²) in [6, 6.07) is 4.55. The second kappa shape index (κ2) is 8.43. The third kappa shape index (κ3) is 4.60. The largest absolute Gasteiger partial charge is 0.505 e. The summed E-state index contributed by atoms with van der Waals surface area (Å²) in [6.45, 7) is -0.913. The standard InChI is InChI=1S/C19H20ClF3N2O3/c20-15-5-6-17(14(9-26)18(15)27)28-10-12-3-1-2-4-13(12)16-7-8-24-25(16)11-19(21,22)23/h5-9,12-13,27H,1-4,10-11H2. The fourth-order valence-corrected chi connectivity index (χ4v) is 3.92. The van der Waals surface area contributed by atoms with Gasteiger partial charge >= 0.3 is 6.18 Å². The Morgan fingerprint density at radius 2 is 2.04 bits per heavy atom. The van der Waals surface area contributed by atoms with E-state index in [0.717, 1.165) is 30.4 Å². The maximum atomic E-state index is 12.8. The zero-order valence-electron chi connectivity index (χ0n) is 15.0. The number of carbonyl (C=O) groups is 1. The van der Waals surface area contributed by atoms with Gasteiger partial charge in [0.05, 0.1) is 17.2 Å². The van der Waals surface area contributed by atoms with Crippen LogP contribution in [0.1, 0.15) is 47.7 Å². The van der Waals surface area contributed by atoms with Gasteiger partial charge in [0.15, 0.2) is 6.29 Å². The van der Waals surface area contributed by atoms with Gasteiger partial charge in [-0.05, 0) is 31.0 Å². The Labute approximate surface area is 165 Å². The van der Waals surface area contributed by atoms with Crippen molar-refractivity contribution < 1.29 is 27.8 Å². The summed E-state index contributed by atoms with van der Waals surface area (Å²) < 4.78 is 45.3. The van der Waals surface area contributed by atoms with Crippen molar-refractivity contribution >= 4 is 17.9 Å². The minimum Gasteiger partial charge on any atom is -0.505 e. The molecule has 1 aliphatic rings. The Morgan fingerprint density at radius 1 is 1.29 bits per heavy atom. The van der Waals surface area contributed by atoms with Crippen LogP contribution < -0.4 is 4.74 Å². The van der Waals surface area contributed by atoms with Crippen LogP contribution in [0, 0.1) is 5.92 Å². The van der Waals surface area contributed by atoms with E-state index in [-0.39, 0.29) is 40.5 Å². The number of benzene rings is 1. The van der Waals surface area contributed by atoms with Crippen molar-refractivity contribution in [3.63, 3.8) is 0 Å². The number of ether oxygens (including phenoxy) is 1. The molecule has 1 aliphatic carbocycles. The van der Waals surface area contributed by atoms with Gasteiger partial charge in [-0.2, -0.15) is 18.3 Å². The molecule has 28 heavy (non-hydrogen) atoms. The first-order valence-electron chi connectivity index (χ1n) is 8.98. The van der Waals surface area contributed by atoms with Crippen molar-refractivity contribution in [2.45, 2.75) is 44.3 Å². The quantitative estimate of drug-likeness (QED) is 0.675. The van der Waals surface area contributed by atoms with Crippen LogP contribution in [0.3, 0.4) is 0 Å². The number of aldehydes is 1. The van der Waals surface area contributed by atoms with Crippen molar-refractivity contribution in [3.05, 3.63) is 40.7 Å². The summed E-state index contributed by atoms with van der Waals surface area (Å²) in [5.41, 5.74) is 0.502. The van der Waals surface area contributed by atoms with Gasteiger partial charge in [0.2, 0.25) is 0 Å². The fourth-order valence-electron chi connectivity index (χ4n) is 3.76. The van der Waals surface area contributed by atoms with Crippen molar-refractivity contribution in [1.82, 2.24) is 9.78 Å². The second-order valence-corrected chi connectivity index (χ2v) is 7.32. The molecule has 0 amide bonds. The molecule has 0 radical (unpaired) electrons. The topological polar surface area (TPSA) is 64.3 Å². The molecule has 1 aromatic carbocycles. The third-order valence-corrected chi connectivity index (χ3v) is 5.37. The molecular weight excluding hydrogens is 397 g/mol. The first kappa shape index (κ1) is 20.5. The number of phenols is 1. The second-order valence-electron chi connectivity index (χ2n) is 6.92. The van der Waals surface area contributed by atoms with E-state index in [0.29, 0.717) is 12.0 Å². The van der Waals surface area contributed by atoms with Gasteiger partial charge in [0, 0.05) is 23.7 Å². The van der Waals surface area contributed by atoms with Crippen LogP contribution in [0.2, 0.25) is 5.02 Å². The van der Waals surface area contributed by atoms with Crippen LogP contribution in [-0.2, 0) is 6.54 Å². The Morgan fingerprint density at radius 3 is 2.75 bits per heavy atom. The van der Waals surface area contributed by atoms with Gasteiger partial charge in [-0.1, -0.05) is 24.4 Å². The number of carbonyl (C=O) groups excluding carboxylic acids is 1. The summed E-state index contributed by atoms with van der Waals surface area (Å²) in [7, 11) is 0. The first-order chi connectivity index (χ1) is 13.3. The van der Waals surface area contributed by atoms with Gasteiger partial charge in [-0.25, -0.2) is 0 Å². The number of hydrogen-bond acceptors (Lipinski definition) is 4. The van der Waals surface area contributed by atoms with E-state index in [2.05, 4.69) is 5.10 Å². The van der Waals surface area contributed by atoms with Gasteiger partial charge in [0.25, 0.3) is 0 Å². The normalized spacial score (nSPS) is 20.1. The Hall–Kier alpha value is -2.22. The molecule has 2 aromatic rings. The van der Waals surface area contributed by atoms with Gasteiger partial charge in [-0.15, -0.1) is 0 Å². The summed E-state index contributed by atoms with van der Waals surface area (Å²) in [5.74, 6) is -0.309. The Bertz CT molecular complexity index is 838. The van der Waals surface area contributed by atoms with E-state index in [1.54, 1.807) is 6.07 Å². The lowest BCUT2D eigenvalue weighted by atomic mass is 9.78. The van der Waals surface area contributed by atoms with Crippen molar-refractivity contribution in [3.8, 4) is 11.5 Å². The SMILES string of the molecule is O=Cc1c(OCC2CCCCC2c2ccnn2CC(F)(F)F)ccc(Cl)c1O. The summed E-state index contributed by atoms with van der Waals surface area (Å²) in [6.07, 6.45) is 0.898. The van der Waals surface area contributed by atoms with E-state index in [1.165, 1.54) is 18.3 Å². The molecule has 9 heteroatoms. The Kier molecular flexibility index (Phi) is 6.17. The molecule has 0 spiro atoms. The van der Waals surface area contributed by atoms with Crippen molar-refractivity contribution in [2.75, 3.05) is 6.61 Å². The molecule has 1 saturated carbocycles. The lowest BCUT2D eigenvalue weighted by Gasteiger charge is -2.32. The molecule has 0 aliphatic heterocycles. The molecule has 2 atom stereocenters. The van der Waals surface area contributed by atoms with Crippen LogP contribution in [0.25, 0.3) is 0 Å². The van der Waals surface area contributed by atoms with Gasteiger partial charge < -0.3 is 9.84 Å². The van der Waals surface area contributed by atoms with E-state index in [9.17, 15) is 23.1 Å². The minimum absolute atomic E-state index is 0.0326. The minimum atomic E-state index is -4.35. The van der Waals surface area contributed by atoms with Crippen molar-refractivity contribution in [2.24, 2.45) is 5.92 Å². The molecular formula is C19H20ClF3N2O3. The fraction of sp³-hybridized carbons (Fsp3) is 0.474. The molecule has 0 bridgehead atoms. The predicted octanol–water partition coefficient (Wildman–Crippen LogP) is 4.97. The number of rotatable bonds is 6.